The minimum absolute atomic E-state index is 0.717. The number of fused-ring (bicyclic) bond motifs is 10. The van der Waals surface area contributed by atoms with Crippen LogP contribution >= 0.6 is 11.3 Å². The smallest absolute Gasteiger partial charge is 0.161 e. The predicted molar refractivity (Wildman–Crippen MR) is 221 cm³/mol. The molecule has 0 saturated carbocycles. The van der Waals surface area contributed by atoms with Gasteiger partial charge in [0.1, 0.15) is 0 Å². The van der Waals surface area contributed by atoms with E-state index in [9.17, 15) is 0 Å². The van der Waals surface area contributed by atoms with Gasteiger partial charge in [-0.3, -0.25) is 0 Å². The minimum atomic E-state index is 0.717. The zero-order chi connectivity index (χ0) is 34.2. The van der Waals surface area contributed by atoms with Crippen molar-refractivity contribution in [2.24, 2.45) is 0 Å². The van der Waals surface area contributed by atoms with Crippen LogP contribution in [0.1, 0.15) is 0 Å². The highest BCUT2D eigenvalue weighted by atomic mass is 32.1. The van der Waals surface area contributed by atoms with Gasteiger partial charge in [-0.1, -0.05) is 152 Å². The van der Waals surface area contributed by atoms with Crippen LogP contribution in [0.5, 0.6) is 0 Å². The van der Waals surface area contributed by atoms with Gasteiger partial charge < -0.3 is 4.57 Å². The van der Waals surface area contributed by atoms with Crippen LogP contribution in [0.2, 0.25) is 0 Å². The summed E-state index contributed by atoms with van der Waals surface area (Å²) in [7, 11) is 0. The highest BCUT2D eigenvalue weighted by Gasteiger charge is 2.22. The Bertz CT molecular complexity index is 3020. The van der Waals surface area contributed by atoms with Crippen molar-refractivity contribution in [2.45, 2.75) is 0 Å². The van der Waals surface area contributed by atoms with Crippen molar-refractivity contribution in [3.05, 3.63) is 176 Å². The lowest BCUT2D eigenvalue weighted by Gasteiger charge is -2.15. The molecule has 11 aromatic rings. The van der Waals surface area contributed by atoms with Crippen molar-refractivity contribution < 1.29 is 0 Å². The molecule has 8 aromatic carbocycles. The first-order valence-electron chi connectivity index (χ1n) is 17.6. The van der Waals surface area contributed by atoms with Gasteiger partial charge >= 0.3 is 0 Å². The summed E-state index contributed by atoms with van der Waals surface area (Å²) in [6.45, 7) is 0. The summed E-state index contributed by atoms with van der Waals surface area (Å²) in [4.78, 5) is 10.7. The van der Waals surface area contributed by atoms with E-state index >= 15 is 0 Å². The molecular weight excluding hydrogens is 651 g/mol. The molecule has 0 fully saturated rings. The molecule has 0 radical (unpaired) electrons. The third-order valence-corrected chi connectivity index (χ3v) is 11.6. The number of hydrogen-bond acceptors (Lipinski definition) is 3. The Labute approximate surface area is 303 Å². The number of rotatable bonds is 4. The van der Waals surface area contributed by atoms with E-state index in [2.05, 4.69) is 168 Å². The van der Waals surface area contributed by atoms with E-state index in [0.29, 0.717) is 5.82 Å². The van der Waals surface area contributed by atoms with Gasteiger partial charge in [0.25, 0.3) is 0 Å². The van der Waals surface area contributed by atoms with E-state index in [1.165, 1.54) is 63.5 Å². The number of thiophene rings is 1. The molecule has 0 atom stereocenters. The summed E-state index contributed by atoms with van der Waals surface area (Å²) in [5.41, 5.74) is 8.46. The topological polar surface area (TPSA) is 30.7 Å². The number of hydrogen-bond donors (Lipinski definition) is 0. The molecule has 0 aliphatic heterocycles. The van der Waals surface area contributed by atoms with Crippen molar-refractivity contribution >= 4 is 74.9 Å². The van der Waals surface area contributed by atoms with Gasteiger partial charge in [0, 0.05) is 64.1 Å². The molecule has 4 heteroatoms. The van der Waals surface area contributed by atoms with Crippen LogP contribution in [0.4, 0.5) is 0 Å². The van der Waals surface area contributed by atoms with Gasteiger partial charge in [-0.15, -0.1) is 11.3 Å². The summed E-state index contributed by atoms with van der Waals surface area (Å²) < 4.78 is 4.94. The van der Waals surface area contributed by atoms with Crippen molar-refractivity contribution in [3.63, 3.8) is 0 Å². The van der Waals surface area contributed by atoms with Crippen LogP contribution in [-0.4, -0.2) is 14.5 Å². The summed E-state index contributed by atoms with van der Waals surface area (Å²) in [5.74, 6) is 0.717. The van der Waals surface area contributed by atoms with Gasteiger partial charge in [-0.2, -0.15) is 0 Å². The Morgan fingerprint density at radius 1 is 0.404 bits per heavy atom. The molecule has 11 rings (SSSR count). The monoisotopic (exact) mass is 679 g/mol. The van der Waals surface area contributed by atoms with Crippen LogP contribution in [0, 0.1) is 0 Å². The average Bonchev–Trinajstić information content (AvgIpc) is 3.77. The van der Waals surface area contributed by atoms with Gasteiger partial charge in [-0.05, 0) is 35.0 Å². The minimum Gasteiger partial charge on any atom is -0.308 e. The van der Waals surface area contributed by atoms with E-state index in [0.717, 1.165) is 33.8 Å². The van der Waals surface area contributed by atoms with Crippen molar-refractivity contribution in [3.8, 4) is 39.6 Å². The predicted octanol–water partition coefficient (Wildman–Crippen LogP) is 13.2. The summed E-state index contributed by atoms with van der Waals surface area (Å²) >= 11 is 1.82. The SMILES string of the molecule is c1ccc(-c2cc(-c3ccccc3)nc(-c3cc(-n4c5c6ccccc6ccc5c5ccc6ccccc6c54)cc4c3sc3ccccc34)n2)cc1. The Morgan fingerprint density at radius 2 is 0.923 bits per heavy atom. The van der Waals surface area contributed by atoms with Gasteiger partial charge in [0.05, 0.1) is 22.4 Å². The van der Waals surface area contributed by atoms with Crippen LogP contribution < -0.4 is 0 Å². The molecule has 0 aliphatic carbocycles. The van der Waals surface area contributed by atoms with E-state index in [1.54, 1.807) is 0 Å². The number of aromatic nitrogens is 3. The maximum atomic E-state index is 5.35. The largest absolute Gasteiger partial charge is 0.308 e. The first kappa shape index (κ1) is 29.1. The molecular formula is C48H29N3S. The van der Waals surface area contributed by atoms with Crippen LogP contribution in [0.25, 0.3) is 103 Å². The van der Waals surface area contributed by atoms with Gasteiger partial charge in [-0.25, -0.2) is 9.97 Å². The molecule has 0 spiro atoms. The van der Waals surface area contributed by atoms with Gasteiger partial charge in [0.2, 0.25) is 0 Å². The fourth-order valence-electron chi connectivity index (χ4n) is 7.98. The van der Waals surface area contributed by atoms with Crippen LogP contribution in [0.15, 0.2) is 176 Å². The normalized spacial score (nSPS) is 11.8. The maximum Gasteiger partial charge on any atom is 0.161 e. The molecule has 3 heterocycles. The fraction of sp³-hybridized carbons (Fsp3) is 0. The van der Waals surface area contributed by atoms with E-state index in [-0.39, 0.29) is 0 Å². The van der Waals surface area contributed by atoms with Gasteiger partial charge in [0.15, 0.2) is 5.82 Å². The lowest BCUT2D eigenvalue weighted by atomic mass is 10.0. The average molecular weight is 680 g/mol. The Kier molecular flexibility index (Phi) is 6.42. The summed E-state index contributed by atoms with van der Waals surface area (Å²) in [6, 6.07) is 63.0. The fourth-order valence-corrected chi connectivity index (χ4v) is 9.18. The Morgan fingerprint density at radius 3 is 1.52 bits per heavy atom. The molecule has 0 amide bonds. The van der Waals surface area contributed by atoms with E-state index in [1.807, 2.05) is 23.5 Å². The quantitative estimate of drug-likeness (QED) is 0.185. The molecule has 3 aromatic heterocycles. The van der Waals surface area contributed by atoms with Crippen molar-refractivity contribution in [1.82, 2.24) is 14.5 Å². The number of benzene rings is 8. The molecule has 52 heavy (non-hydrogen) atoms. The molecule has 0 N–H and O–H groups in total. The Balaban J connectivity index is 1.31. The standard InChI is InChI=1S/C48H29N3S/c1-3-15-32(16-4-1)42-29-43(33-17-5-2-6-18-33)50-48(49-42)41-28-34(27-40-37-21-11-12-22-44(37)52-47(40)41)51-45-35-19-9-7-13-30(35)23-25-38(45)39-26-24-31-14-8-10-20-36(31)46(39)51/h1-29H. The lowest BCUT2D eigenvalue weighted by molar-refractivity contribution is 1.17. The lowest BCUT2D eigenvalue weighted by Crippen LogP contribution is -1.99. The van der Waals surface area contributed by atoms with Crippen molar-refractivity contribution in [2.75, 3.05) is 0 Å². The highest BCUT2D eigenvalue weighted by Crippen LogP contribution is 2.45. The first-order chi connectivity index (χ1) is 25.8. The van der Waals surface area contributed by atoms with E-state index in [4.69, 9.17) is 9.97 Å². The second-order valence-corrected chi connectivity index (χ2v) is 14.4. The van der Waals surface area contributed by atoms with Crippen LogP contribution in [0.3, 0.4) is 0 Å². The maximum absolute atomic E-state index is 5.35. The first-order valence-corrected chi connectivity index (χ1v) is 18.4. The molecule has 242 valence electrons. The Hall–Kier alpha value is -6.62. The number of nitrogens with zero attached hydrogens (tertiary/aromatic N) is 3. The molecule has 0 unspecified atom stereocenters. The van der Waals surface area contributed by atoms with Crippen molar-refractivity contribution in [1.29, 1.82) is 0 Å². The third kappa shape index (κ3) is 4.45. The third-order valence-electron chi connectivity index (χ3n) is 10.4. The highest BCUT2D eigenvalue weighted by molar-refractivity contribution is 7.26. The molecule has 0 aliphatic rings. The van der Waals surface area contributed by atoms with Crippen LogP contribution in [-0.2, 0) is 0 Å². The molecule has 0 saturated heterocycles. The molecule has 0 bridgehead atoms. The summed E-state index contributed by atoms with van der Waals surface area (Å²) in [6.07, 6.45) is 0. The second kappa shape index (κ2) is 11.5. The summed E-state index contributed by atoms with van der Waals surface area (Å²) in [5, 5.41) is 9.82. The zero-order valence-electron chi connectivity index (χ0n) is 28.0. The zero-order valence-corrected chi connectivity index (χ0v) is 28.8. The second-order valence-electron chi connectivity index (χ2n) is 13.4. The van der Waals surface area contributed by atoms with E-state index < -0.39 is 0 Å². The molecule has 3 nitrogen and oxygen atoms in total.